The molecular formula is C23H20N8O. The first-order valence-corrected chi connectivity index (χ1v) is 10.0. The second kappa shape index (κ2) is 7.97. The van der Waals surface area contributed by atoms with Gasteiger partial charge in [0.1, 0.15) is 24.1 Å². The van der Waals surface area contributed by atoms with Gasteiger partial charge in [-0.25, -0.2) is 15.0 Å². The predicted octanol–water partition coefficient (Wildman–Crippen LogP) is 1.60. The number of hydrogen-bond acceptors (Lipinski definition) is 7. The van der Waals surface area contributed by atoms with Crippen molar-refractivity contribution < 1.29 is 4.74 Å². The number of aromatic nitrogens is 6. The number of fused-ring (bicyclic) bond motifs is 2. The number of methoxy groups -OCH3 is 1. The van der Waals surface area contributed by atoms with Crippen molar-refractivity contribution in [3.05, 3.63) is 54.1 Å². The molecular weight excluding hydrogens is 404 g/mol. The van der Waals surface area contributed by atoms with E-state index >= 15 is 0 Å². The van der Waals surface area contributed by atoms with E-state index in [1.807, 2.05) is 29.8 Å². The lowest BCUT2D eigenvalue weighted by Crippen LogP contribution is -2.07. The summed E-state index contributed by atoms with van der Waals surface area (Å²) in [6.07, 6.45) is 5.68. The molecule has 32 heavy (non-hydrogen) atoms. The number of nitrogens with two attached hydrogens (primary N) is 1. The Morgan fingerprint density at radius 3 is 3.03 bits per heavy atom. The Morgan fingerprint density at radius 2 is 2.16 bits per heavy atom. The van der Waals surface area contributed by atoms with E-state index in [2.05, 4.69) is 49.2 Å². The number of ether oxygens (including phenoxy) is 1. The Bertz CT molecular complexity index is 1490. The molecule has 5 rings (SSSR count). The fraction of sp³-hybridized carbons (Fsp3) is 0.217. The Balaban J connectivity index is 1.50. The maximum absolute atomic E-state index is 6.12. The molecule has 0 radical (unpaired) electrons. The van der Waals surface area contributed by atoms with Crippen LogP contribution >= 0.6 is 0 Å². The molecule has 1 saturated heterocycles. The van der Waals surface area contributed by atoms with Crippen molar-refractivity contribution in [1.29, 1.82) is 0 Å². The summed E-state index contributed by atoms with van der Waals surface area (Å²) in [7, 11) is 3.59. The normalized spacial score (nSPS) is 16.4. The quantitative estimate of drug-likeness (QED) is 0.353. The first kappa shape index (κ1) is 19.5. The van der Waals surface area contributed by atoms with Gasteiger partial charge in [-0.15, -0.1) is 5.10 Å². The number of nitrogens with zero attached hydrogens (tertiary/aromatic N) is 6. The van der Waals surface area contributed by atoms with E-state index < -0.39 is 0 Å². The van der Waals surface area contributed by atoms with Crippen LogP contribution in [-0.2, 0) is 11.8 Å². The van der Waals surface area contributed by atoms with Crippen LogP contribution < -0.4 is 11.1 Å². The van der Waals surface area contributed by atoms with E-state index in [0.717, 1.165) is 35.3 Å². The van der Waals surface area contributed by atoms with Crippen LogP contribution in [0.15, 0.2) is 42.8 Å². The maximum Gasteiger partial charge on any atom is 0.178 e. The van der Waals surface area contributed by atoms with Gasteiger partial charge >= 0.3 is 0 Å². The van der Waals surface area contributed by atoms with Crippen LogP contribution in [0.4, 0.5) is 5.82 Å². The van der Waals surface area contributed by atoms with Crippen molar-refractivity contribution >= 4 is 27.9 Å². The van der Waals surface area contributed by atoms with E-state index in [0.29, 0.717) is 22.5 Å². The minimum Gasteiger partial charge on any atom is -0.503 e. The highest BCUT2D eigenvalue weighted by molar-refractivity contribution is 5.91. The van der Waals surface area contributed by atoms with Crippen LogP contribution in [0.1, 0.15) is 17.7 Å². The number of nitrogens with one attached hydrogen (secondary N) is 1. The molecule has 0 amide bonds. The number of allylic oxidation sites excluding steroid dienone is 1. The summed E-state index contributed by atoms with van der Waals surface area (Å²) in [4.78, 5) is 12.8. The van der Waals surface area contributed by atoms with Gasteiger partial charge in [-0.05, 0) is 24.1 Å². The first-order chi connectivity index (χ1) is 15.6. The van der Waals surface area contributed by atoms with Gasteiger partial charge in [-0.1, -0.05) is 11.8 Å². The average molecular weight is 424 g/mol. The first-order valence-electron chi connectivity index (χ1n) is 10.0. The van der Waals surface area contributed by atoms with Gasteiger partial charge in [0.2, 0.25) is 0 Å². The van der Waals surface area contributed by atoms with Gasteiger partial charge in [-0.3, -0.25) is 0 Å². The third kappa shape index (κ3) is 3.57. The summed E-state index contributed by atoms with van der Waals surface area (Å²) in [5.74, 6) is 9.96. The molecule has 4 heterocycles. The van der Waals surface area contributed by atoms with Crippen molar-refractivity contribution in [1.82, 2.24) is 34.6 Å². The molecule has 3 N–H and O–H groups in total. The highest BCUT2D eigenvalue weighted by Crippen LogP contribution is 2.21. The lowest BCUT2D eigenvalue weighted by atomic mass is 10.1. The van der Waals surface area contributed by atoms with E-state index in [1.54, 1.807) is 19.7 Å². The van der Waals surface area contributed by atoms with Gasteiger partial charge in [0.25, 0.3) is 0 Å². The topological polar surface area (TPSA) is 109 Å². The summed E-state index contributed by atoms with van der Waals surface area (Å²) in [5, 5.41) is 8.43. The number of imidazole rings is 1. The molecule has 9 nitrogen and oxygen atoms in total. The molecule has 1 aliphatic heterocycles. The zero-order chi connectivity index (χ0) is 22.1. The fourth-order valence-corrected chi connectivity index (χ4v) is 3.64. The minimum atomic E-state index is 0.148. The summed E-state index contributed by atoms with van der Waals surface area (Å²) < 4.78 is 8.55. The highest BCUT2D eigenvalue weighted by atomic mass is 16.5. The third-order valence-electron chi connectivity index (χ3n) is 5.22. The largest absolute Gasteiger partial charge is 0.503 e. The average Bonchev–Trinajstić information content (AvgIpc) is 3.49. The smallest absolute Gasteiger partial charge is 0.178 e. The second-order valence-electron chi connectivity index (χ2n) is 7.44. The number of nitrogen functional groups attached to an aromatic ring is 1. The summed E-state index contributed by atoms with van der Waals surface area (Å²) >= 11 is 0. The van der Waals surface area contributed by atoms with Crippen LogP contribution in [0.5, 0.6) is 0 Å². The Morgan fingerprint density at radius 1 is 1.25 bits per heavy atom. The Kier molecular flexibility index (Phi) is 4.85. The SMILES string of the molecule is CO/C=C1\CC(C#Cn2nc(C#Cc3ccc4c(c3)ncn4C)c3c(N)ncnc32)CN1. The van der Waals surface area contributed by atoms with Crippen LogP contribution in [0, 0.1) is 29.7 Å². The zero-order valence-electron chi connectivity index (χ0n) is 17.6. The summed E-state index contributed by atoms with van der Waals surface area (Å²) in [6.45, 7) is 0.751. The van der Waals surface area contributed by atoms with E-state index in [4.69, 9.17) is 10.5 Å². The second-order valence-corrected chi connectivity index (χ2v) is 7.44. The van der Waals surface area contributed by atoms with Gasteiger partial charge in [-0.2, -0.15) is 4.68 Å². The Hall–Kier alpha value is -4.50. The van der Waals surface area contributed by atoms with Gasteiger partial charge in [0, 0.05) is 43.2 Å². The lowest BCUT2D eigenvalue weighted by molar-refractivity contribution is 0.331. The van der Waals surface area contributed by atoms with Gasteiger partial charge in [0.05, 0.1) is 29.9 Å². The third-order valence-corrected chi connectivity index (χ3v) is 5.22. The lowest BCUT2D eigenvalue weighted by Gasteiger charge is -1.96. The molecule has 158 valence electrons. The number of hydrogen-bond donors (Lipinski definition) is 2. The van der Waals surface area contributed by atoms with Crippen molar-refractivity contribution in [2.24, 2.45) is 13.0 Å². The number of benzene rings is 1. The maximum atomic E-state index is 6.12. The molecule has 0 spiro atoms. The molecule has 1 fully saturated rings. The molecule has 9 heteroatoms. The predicted molar refractivity (Wildman–Crippen MR) is 121 cm³/mol. The zero-order valence-corrected chi connectivity index (χ0v) is 17.6. The van der Waals surface area contributed by atoms with Crippen molar-refractivity contribution in [2.75, 3.05) is 19.4 Å². The number of anilines is 1. The standard InChI is InChI=1S/C23H20N8O/c1-30-14-28-19-10-15(4-6-20(19)30)3-5-18-21-22(24)26-13-27-23(21)31(29-18)8-7-16-9-17(12-32-2)25-11-16/h4,6,10,12-14,16,25H,9,11H2,1-2H3,(H2,24,26,27)/b17-12+. The molecule has 4 aromatic rings. The molecule has 0 saturated carbocycles. The molecule has 0 aliphatic carbocycles. The fourth-order valence-electron chi connectivity index (χ4n) is 3.64. The number of rotatable bonds is 1. The molecule has 3 aromatic heterocycles. The molecule has 0 bridgehead atoms. The van der Waals surface area contributed by atoms with E-state index in [9.17, 15) is 0 Å². The molecule has 1 atom stereocenters. The van der Waals surface area contributed by atoms with Crippen molar-refractivity contribution in [3.63, 3.8) is 0 Å². The summed E-state index contributed by atoms with van der Waals surface area (Å²) in [6, 6.07) is 8.98. The van der Waals surface area contributed by atoms with E-state index in [-0.39, 0.29) is 5.92 Å². The molecule has 1 unspecified atom stereocenters. The minimum absolute atomic E-state index is 0.148. The van der Waals surface area contributed by atoms with Crippen molar-refractivity contribution in [2.45, 2.75) is 6.42 Å². The van der Waals surface area contributed by atoms with Gasteiger partial charge < -0.3 is 20.4 Å². The van der Waals surface area contributed by atoms with Gasteiger partial charge in [0.15, 0.2) is 5.65 Å². The monoisotopic (exact) mass is 424 g/mol. The summed E-state index contributed by atoms with van der Waals surface area (Å²) in [5.41, 5.74) is 10.9. The van der Waals surface area contributed by atoms with Crippen LogP contribution in [-0.4, -0.2) is 43.0 Å². The molecule has 1 aliphatic rings. The number of aryl methyl sites for hydroxylation is 1. The highest BCUT2D eigenvalue weighted by Gasteiger charge is 2.18. The molecule has 1 aromatic carbocycles. The Labute approximate surface area is 184 Å². The van der Waals surface area contributed by atoms with Crippen LogP contribution in [0.3, 0.4) is 0 Å². The van der Waals surface area contributed by atoms with Crippen LogP contribution in [0.2, 0.25) is 0 Å². The van der Waals surface area contributed by atoms with Crippen LogP contribution in [0.25, 0.3) is 22.1 Å². The van der Waals surface area contributed by atoms with Crippen molar-refractivity contribution in [3.8, 4) is 23.8 Å². The van der Waals surface area contributed by atoms with E-state index in [1.165, 1.54) is 11.0 Å².